The van der Waals surface area contributed by atoms with Crippen LogP contribution in [-0.4, -0.2) is 21.8 Å². The molecule has 2 aromatic rings. The smallest absolute Gasteiger partial charge is 0.252 e. The van der Waals surface area contributed by atoms with Crippen LogP contribution >= 0.6 is 0 Å². The Hall–Kier alpha value is -2.63. The van der Waals surface area contributed by atoms with Gasteiger partial charge in [-0.15, -0.1) is 0 Å². The van der Waals surface area contributed by atoms with Crippen molar-refractivity contribution in [3.05, 3.63) is 47.8 Å². The Morgan fingerprint density at radius 3 is 3.00 bits per heavy atom. The van der Waals surface area contributed by atoms with E-state index in [0.717, 1.165) is 5.56 Å². The standard InChI is InChI=1S/C13H12N4O2/c18-11(17-13-14-5-6-15-13)7-10-8-3-1-2-4-9(8)12(19)16-10/h1-6,10H,7H2,(H,16,19)(H2,14,15,17,18). The van der Waals surface area contributed by atoms with Gasteiger partial charge in [0.05, 0.1) is 12.5 Å². The van der Waals surface area contributed by atoms with E-state index in [1.807, 2.05) is 18.2 Å². The molecule has 0 saturated heterocycles. The number of nitrogens with one attached hydrogen (secondary N) is 3. The van der Waals surface area contributed by atoms with Gasteiger partial charge in [-0.1, -0.05) is 18.2 Å². The summed E-state index contributed by atoms with van der Waals surface area (Å²) in [6.45, 7) is 0. The van der Waals surface area contributed by atoms with Crippen LogP contribution in [0.2, 0.25) is 0 Å². The number of H-pyrrole nitrogens is 1. The third kappa shape index (κ3) is 2.20. The minimum absolute atomic E-state index is 0.133. The fourth-order valence-corrected chi connectivity index (χ4v) is 2.18. The molecule has 96 valence electrons. The first-order valence-electron chi connectivity index (χ1n) is 5.93. The molecule has 1 aliphatic heterocycles. The summed E-state index contributed by atoms with van der Waals surface area (Å²) in [5.41, 5.74) is 1.50. The molecule has 1 aromatic carbocycles. The maximum atomic E-state index is 11.9. The number of aromatic nitrogens is 2. The number of hydrogen-bond acceptors (Lipinski definition) is 3. The molecule has 0 bridgehead atoms. The minimum atomic E-state index is -0.279. The maximum absolute atomic E-state index is 11.9. The molecule has 1 aromatic heterocycles. The molecular weight excluding hydrogens is 244 g/mol. The van der Waals surface area contributed by atoms with Crippen LogP contribution < -0.4 is 10.6 Å². The van der Waals surface area contributed by atoms with Gasteiger partial charge in [-0.2, -0.15) is 0 Å². The summed E-state index contributed by atoms with van der Waals surface area (Å²) in [6, 6.07) is 7.01. The first-order valence-corrected chi connectivity index (χ1v) is 5.93. The molecule has 6 heteroatoms. The Morgan fingerprint density at radius 2 is 2.21 bits per heavy atom. The number of imidazole rings is 1. The molecule has 2 heterocycles. The number of carbonyl (C=O) groups excluding carboxylic acids is 2. The van der Waals surface area contributed by atoms with Gasteiger partial charge >= 0.3 is 0 Å². The van der Waals surface area contributed by atoms with Crippen molar-refractivity contribution in [1.82, 2.24) is 15.3 Å². The number of nitrogens with zero attached hydrogens (tertiary/aromatic N) is 1. The van der Waals surface area contributed by atoms with Gasteiger partial charge in [-0.05, 0) is 11.6 Å². The van der Waals surface area contributed by atoms with Crippen LogP contribution in [0.5, 0.6) is 0 Å². The first-order chi connectivity index (χ1) is 9.24. The Labute approximate surface area is 109 Å². The third-order valence-electron chi connectivity index (χ3n) is 3.03. The van der Waals surface area contributed by atoms with Gasteiger partial charge < -0.3 is 10.3 Å². The van der Waals surface area contributed by atoms with Gasteiger partial charge in [0, 0.05) is 18.0 Å². The fraction of sp³-hybridized carbons (Fsp3) is 0.154. The number of rotatable bonds is 3. The van der Waals surface area contributed by atoms with Gasteiger partial charge in [0.1, 0.15) is 0 Å². The predicted molar refractivity (Wildman–Crippen MR) is 68.5 cm³/mol. The highest BCUT2D eigenvalue weighted by Gasteiger charge is 2.29. The lowest BCUT2D eigenvalue weighted by molar-refractivity contribution is -0.116. The van der Waals surface area contributed by atoms with Crippen molar-refractivity contribution in [3.8, 4) is 0 Å². The summed E-state index contributed by atoms with van der Waals surface area (Å²) in [6.07, 6.45) is 3.37. The molecule has 0 aliphatic carbocycles. The number of amides is 2. The van der Waals surface area contributed by atoms with Crippen LogP contribution in [0.1, 0.15) is 28.4 Å². The summed E-state index contributed by atoms with van der Waals surface area (Å²) in [5, 5.41) is 5.44. The largest absolute Gasteiger partial charge is 0.345 e. The van der Waals surface area contributed by atoms with E-state index >= 15 is 0 Å². The highest BCUT2D eigenvalue weighted by Crippen LogP contribution is 2.27. The van der Waals surface area contributed by atoms with E-state index < -0.39 is 0 Å². The van der Waals surface area contributed by atoms with E-state index in [-0.39, 0.29) is 24.3 Å². The van der Waals surface area contributed by atoms with Crippen molar-refractivity contribution in [2.24, 2.45) is 0 Å². The van der Waals surface area contributed by atoms with Gasteiger partial charge in [-0.3, -0.25) is 14.9 Å². The summed E-state index contributed by atoms with van der Waals surface area (Å²) >= 11 is 0. The average Bonchev–Trinajstić information content (AvgIpc) is 3.00. The molecule has 3 N–H and O–H groups in total. The molecule has 0 saturated carbocycles. The molecule has 0 radical (unpaired) electrons. The summed E-state index contributed by atoms with van der Waals surface area (Å²) in [5.74, 6) is 0.0750. The topological polar surface area (TPSA) is 86.9 Å². The van der Waals surface area contributed by atoms with Crippen LogP contribution in [-0.2, 0) is 4.79 Å². The summed E-state index contributed by atoms with van der Waals surface area (Å²) in [4.78, 5) is 30.3. The van der Waals surface area contributed by atoms with Crippen LogP contribution in [0, 0.1) is 0 Å². The van der Waals surface area contributed by atoms with Gasteiger partial charge in [0.15, 0.2) is 0 Å². The lowest BCUT2D eigenvalue weighted by Crippen LogP contribution is -2.24. The molecule has 1 aliphatic rings. The Morgan fingerprint density at radius 1 is 1.37 bits per heavy atom. The van der Waals surface area contributed by atoms with E-state index in [0.29, 0.717) is 11.5 Å². The molecule has 0 spiro atoms. The number of carbonyl (C=O) groups is 2. The van der Waals surface area contributed by atoms with Gasteiger partial charge in [0.2, 0.25) is 11.9 Å². The van der Waals surface area contributed by atoms with Crippen LogP contribution in [0.15, 0.2) is 36.7 Å². The normalized spacial score (nSPS) is 16.8. The van der Waals surface area contributed by atoms with Crippen molar-refractivity contribution < 1.29 is 9.59 Å². The van der Waals surface area contributed by atoms with E-state index in [2.05, 4.69) is 20.6 Å². The van der Waals surface area contributed by atoms with Crippen molar-refractivity contribution in [1.29, 1.82) is 0 Å². The molecule has 6 nitrogen and oxygen atoms in total. The first kappa shape index (κ1) is 11.5. The Balaban J connectivity index is 1.71. The molecular formula is C13H12N4O2. The zero-order valence-electron chi connectivity index (χ0n) is 10.0. The van der Waals surface area contributed by atoms with Crippen molar-refractivity contribution >= 4 is 17.8 Å². The number of fused-ring (bicyclic) bond motifs is 1. The second-order valence-corrected chi connectivity index (χ2v) is 4.30. The highest BCUT2D eigenvalue weighted by atomic mass is 16.2. The molecule has 19 heavy (non-hydrogen) atoms. The molecule has 3 rings (SSSR count). The number of benzene rings is 1. The maximum Gasteiger partial charge on any atom is 0.252 e. The lowest BCUT2D eigenvalue weighted by Gasteiger charge is -2.10. The fourth-order valence-electron chi connectivity index (χ4n) is 2.18. The molecule has 1 unspecified atom stereocenters. The van der Waals surface area contributed by atoms with Gasteiger partial charge in [-0.25, -0.2) is 4.98 Å². The van der Waals surface area contributed by atoms with Crippen LogP contribution in [0.3, 0.4) is 0 Å². The number of hydrogen-bond donors (Lipinski definition) is 3. The minimum Gasteiger partial charge on any atom is -0.345 e. The SMILES string of the molecule is O=C(CC1NC(=O)c2ccccc21)Nc1ncc[nH]1. The molecule has 0 fully saturated rings. The van der Waals surface area contributed by atoms with E-state index in [9.17, 15) is 9.59 Å². The van der Waals surface area contributed by atoms with Gasteiger partial charge in [0.25, 0.3) is 5.91 Å². The highest BCUT2D eigenvalue weighted by molar-refractivity contribution is 6.00. The van der Waals surface area contributed by atoms with Crippen LogP contribution in [0.4, 0.5) is 5.95 Å². The van der Waals surface area contributed by atoms with E-state index in [4.69, 9.17) is 0 Å². The zero-order valence-corrected chi connectivity index (χ0v) is 10.0. The quantitative estimate of drug-likeness (QED) is 0.771. The second kappa shape index (κ2) is 4.56. The lowest BCUT2D eigenvalue weighted by atomic mass is 10.0. The monoisotopic (exact) mass is 256 g/mol. The Bertz CT molecular complexity index is 621. The van der Waals surface area contributed by atoms with Crippen molar-refractivity contribution in [3.63, 3.8) is 0 Å². The van der Waals surface area contributed by atoms with E-state index in [1.165, 1.54) is 0 Å². The third-order valence-corrected chi connectivity index (χ3v) is 3.03. The number of anilines is 1. The van der Waals surface area contributed by atoms with Crippen LogP contribution in [0.25, 0.3) is 0 Å². The molecule has 1 atom stereocenters. The zero-order chi connectivity index (χ0) is 13.2. The van der Waals surface area contributed by atoms with E-state index in [1.54, 1.807) is 18.5 Å². The molecule has 2 amide bonds. The van der Waals surface area contributed by atoms with Crippen molar-refractivity contribution in [2.75, 3.05) is 5.32 Å². The number of aromatic amines is 1. The predicted octanol–water partition coefficient (Wildman–Crippen LogP) is 1.22. The second-order valence-electron chi connectivity index (χ2n) is 4.30. The summed E-state index contributed by atoms with van der Waals surface area (Å²) < 4.78 is 0. The average molecular weight is 256 g/mol. The van der Waals surface area contributed by atoms with Crippen molar-refractivity contribution in [2.45, 2.75) is 12.5 Å². The Kier molecular flexibility index (Phi) is 2.75. The summed E-state index contributed by atoms with van der Waals surface area (Å²) in [7, 11) is 0.